The smallest absolute Gasteiger partial charge is 0.233 e. The third kappa shape index (κ3) is 3.96. The van der Waals surface area contributed by atoms with Crippen LogP contribution < -0.4 is 4.74 Å². The molecule has 2 heterocycles. The summed E-state index contributed by atoms with van der Waals surface area (Å²) in [6.07, 6.45) is 2.14. The number of hydrogen-bond acceptors (Lipinski definition) is 6. The van der Waals surface area contributed by atoms with E-state index in [1.54, 1.807) is 7.11 Å². The van der Waals surface area contributed by atoms with Crippen LogP contribution >= 0.6 is 11.8 Å². The van der Waals surface area contributed by atoms with Crippen LogP contribution in [-0.4, -0.2) is 49.3 Å². The lowest BCUT2D eigenvalue weighted by molar-refractivity contribution is -0.129. The van der Waals surface area contributed by atoms with E-state index in [0.717, 1.165) is 41.3 Å². The zero-order valence-corrected chi connectivity index (χ0v) is 17.1. The number of benzene rings is 1. The summed E-state index contributed by atoms with van der Waals surface area (Å²) < 4.78 is 7.11. The first-order valence-electron chi connectivity index (χ1n) is 9.29. The van der Waals surface area contributed by atoms with Gasteiger partial charge in [0.2, 0.25) is 5.91 Å². The van der Waals surface area contributed by atoms with Gasteiger partial charge in [-0.15, -0.1) is 10.2 Å². The SMILES string of the molecule is COc1ccc(CN(C(=O)CSc2nnc3cc(C)nc(C)n23)C2CC2)cc1. The summed E-state index contributed by atoms with van der Waals surface area (Å²) in [7, 11) is 1.65. The van der Waals surface area contributed by atoms with Crippen molar-refractivity contribution in [2.45, 2.75) is 44.4 Å². The van der Waals surface area contributed by atoms with E-state index in [4.69, 9.17) is 4.74 Å². The van der Waals surface area contributed by atoms with E-state index >= 15 is 0 Å². The summed E-state index contributed by atoms with van der Waals surface area (Å²) in [5.41, 5.74) is 2.77. The molecule has 1 saturated carbocycles. The van der Waals surface area contributed by atoms with E-state index in [2.05, 4.69) is 15.2 Å². The summed E-state index contributed by atoms with van der Waals surface area (Å²) in [5, 5.41) is 9.16. The second-order valence-electron chi connectivity index (χ2n) is 7.01. The lowest BCUT2D eigenvalue weighted by atomic mass is 10.2. The Labute approximate surface area is 168 Å². The Kier molecular flexibility index (Phi) is 5.21. The Morgan fingerprint density at radius 2 is 2.00 bits per heavy atom. The summed E-state index contributed by atoms with van der Waals surface area (Å²) in [6, 6.07) is 10.1. The topological polar surface area (TPSA) is 72.6 Å². The van der Waals surface area contributed by atoms with Crippen LogP contribution in [-0.2, 0) is 11.3 Å². The third-order valence-electron chi connectivity index (χ3n) is 4.80. The van der Waals surface area contributed by atoms with Gasteiger partial charge in [-0.05, 0) is 44.4 Å². The maximum absolute atomic E-state index is 12.9. The fourth-order valence-electron chi connectivity index (χ4n) is 3.24. The minimum absolute atomic E-state index is 0.123. The fourth-order valence-corrected chi connectivity index (χ4v) is 4.11. The highest BCUT2D eigenvalue weighted by Crippen LogP contribution is 2.30. The van der Waals surface area contributed by atoms with Gasteiger partial charge in [0.05, 0.1) is 12.9 Å². The second-order valence-corrected chi connectivity index (χ2v) is 7.95. The van der Waals surface area contributed by atoms with Crippen LogP contribution in [0, 0.1) is 13.8 Å². The Hall–Kier alpha value is -2.61. The Balaban J connectivity index is 1.45. The number of thioether (sulfide) groups is 1. The van der Waals surface area contributed by atoms with Crippen LogP contribution in [0.5, 0.6) is 5.75 Å². The zero-order chi connectivity index (χ0) is 19.7. The molecule has 0 unspecified atom stereocenters. The number of rotatable bonds is 7. The number of methoxy groups -OCH3 is 1. The largest absolute Gasteiger partial charge is 0.497 e. The molecule has 0 bridgehead atoms. The standard InChI is InChI=1S/C20H23N5O2S/c1-13-10-18-22-23-20(25(18)14(2)21-13)28-12-19(26)24(16-6-7-16)11-15-4-8-17(27-3)9-5-15/h4-5,8-10,16H,6-7,11-12H2,1-3H3. The van der Waals surface area contributed by atoms with Crippen molar-refractivity contribution < 1.29 is 9.53 Å². The highest BCUT2D eigenvalue weighted by molar-refractivity contribution is 7.99. The number of amides is 1. The molecule has 3 aromatic rings. The molecule has 8 heteroatoms. The molecular formula is C20H23N5O2S. The second kappa shape index (κ2) is 7.79. The molecule has 0 spiro atoms. The quantitative estimate of drug-likeness (QED) is 0.571. The molecule has 0 saturated heterocycles. The Morgan fingerprint density at radius 1 is 1.25 bits per heavy atom. The molecule has 0 N–H and O–H groups in total. The molecule has 146 valence electrons. The molecule has 28 heavy (non-hydrogen) atoms. The van der Waals surface area contributed by atoms with Gasteiger partial charge in [0.1, 0.15) is 11.6 Å². The Morgan fingerprint density at radius 3 is 2.68 bits per heavy atom. The zero-order valence-electron chi connectivity index (χ0n) is 16.3. The van der Waals surface area contributed by atoms with Crippen LogP contribution in [0.25, 0.3) is 5.65 Å². The highest BCUT2D eigenvalue weighted by atomic mass is 32.2. The maximum Gasteiger partial charge on any atom is 0.233 e. The van der Waals surface area contributed by atoms with Gasteiger partial charge >= 0.3 is 0 Å². The predicted octanol–water partition coefficient (Wildman–Crippen LogP) is 3.03. The van der Waals surface area contributed by atoms with Gasteiger partial charge in [-0.25, -0.2) is 4.98 Å². The Bertz CT molecular complexity index is 998. The molecule has 4 rings (SSSR count). The van der Waals surface area contributed by atoms with Crippen molar-refractivity contribution in [3.8, 4) is 5.75 Å². The van der Waals surface area contributed by atoms with Gasteiger partial charge in [0.25, 0.3) is 0 Å². The molecule has 1 fully saturated rings. The number of carbonyl (C=O) groups excluding carboxylic acids is 1. The van der Waals surface area contributed by atoms with Crippen molar-refractivity contribution in [2.75, 3.05) is 12.9 Å². The number of aromatic nitrogens is 4. The molecule has 1 aliphatic rings. The highest BCUT2D eigenvalue weighted by Gasteiger charge is 2.32. The van der Waals surface area contributed by atoms with E-state index in [0.29, 0.717) is 23.5 Å². The number of ether oxygens (including phenoxy) is 1. The number of hydrogen-bond donors (Lipinski definition) is 0. The molecule has 0 aliphatic heterocycles. The van der Waals surface area contributed by atoms with Crippen molar-refractivity contribution >= 4 is 23.3 Å². The average Bonchev–Trinajstić information content (AvgIpc) is 3.44. The molecule has 1 aliphatic carbocycles. The van der Waals surface area contributed by atoms with Crippen molar-refractivity contribution in [3.05, 3.63) is 47.4 Å². The van der Waals surface area contributed by atoms with Crippen molar-refractivity contribution in [1.82, 2.24) is 24.5 Å². The van der Waals surface area contributed by atoms with E-state index in [-0.39, 0.29) is 5.91 Å². The molecule has 0 atom stereocenters. The van der Waals surface area contributed by atoms with Gasteiger partial charge in [0, 0.05) is 24.3 Å². The normalized spacial score (nSPS) is 13.7. The number of nitrogens with zero attached hydrogens (tertiary/aromatic N) is 5. The van der Waals surface area contributed by atoms with Crippen molar-refractivity contribution in [1.29, 1.82) is 0 Å². The van der Waals surface area contributed by atoms with Gasteiger partial charge in [-0.2, -0.15) is 0 Å². The van der Waals surface area contributed by atoms with Gasteiger partial charge in [-0.3, -0.25) is 9.20 Å². The average molecular weight is 398 g/mol. The summed E-state index contributed by atoms with van der Waals surface area (Å²) in [6.45, 7) is 4.48. The van der Waals surface area contributed by atoms with Gasteiger partial charge < -0.3 is 9.64 Å². The third-order valence-corrected chi connectivity index (χ3v) is 5.72. The van der Waals surface area contributed by atoms with E-state index in [1.807, 2.05) is 53.5 Å². The summed E-state index contributed by atoms with van der Waals surface area (Å²) in [5.74, 6) is 2.10. The summed E-state index contributed by atoms with van der Waals surface area (Å²) >= 11 is 1.41. The number of aryl methyl sites for hydroxylation is 2. The molecule has 0 radical (unpaired) electrons. The monoisotopic (exact) mass is 397 g/mol. The molecular weight excluding hydrogens is 374 g/mol. The first-order chi connectivity index (χ1) is 13.5. The van der Waals surface area contributed by atoms with Crippen LogP contribution in [0.1, 0.15) is 29.9 Å². The van der Waals surface area contributed by atoms with Crippen LogP contribution in [0.3, 0.4) is 0 Å². The van der Waals surface area contributed by atoms with E-state index in [1.165, 1.54) is 11.8 Å². The molecule has 2 aromatic heterocycles. The van der Waals surface area contributed by atoms with Crippen LogP contribution in [0.2, 0.25) is 0 Å². The lowest BCUT2D eigenvalue weighted by Crippen LogP contribution is -2.34. The van der Waals surface area contributed by atoms with E-state index < -0.39 is 0 Å². The van der Waals surface area contributed by atoms with Crippen LogP contribution in [0.4, 0.5) is 0 Å². The molecule has 1 amide bonds. The maximum atomic E-state index is 12.9. The minimum atomic E-state index is 0.123. The predicted molar refractivity (Wildman–Crippen MR) is 108 cm³/mol. The van der Waals surface area contributed by atoms with Gasteiger partial charge in [-0.1, -0.05) is 23.9 Å². The van der Waals surface area contributed by atoms with Crippen molar-refractivity contribution in [2.24, 2.45) is 0 Å². The summed E-state index contributed by atoms with van der Waals surface area (Å²) in [4.78, 5) is 19.4. The fraction of sp³-hybridized carbons (Fsp3) is 0.400. The number of fused-ring (bicyclic) bond motifs is 1. The minimum Gasteiger partial charge on any atom is -0.497 e. The molecule has 7 nitrogen and oxygen atoms in total. The van der Waals surface area contributed by atoms with Gasteiger partial charge in [0.15, 0.2) is 10.8 Å². The first kappa shape index (κ1) is 18.7. The van der Waals surface area contributed by atoms with Crippen LogP contribution in [0.15, 0.2) is 35.5 Å². The first-order valence-corrected chi connectivity index (χ1v) is 10.3. The molecule has 1 aromatic carbocycles. The number of carbonyl (C=O) groups is 1. The van der Waals surface area contributed by atoms with E-state index in [9.17, 15) is 4.79 Å². The van der Waals surface area contributed by atoms with Crippen molar-refractivity contribution in [3.63, 3.8) is 0 Å². The lowest BCUT2D eigenvalue weighted by Gasteiger charge is -2.22.